The number of fused-ring (bicyclic) bond motifs is 1. The molecule has 2 nitrogen and oxygen atoms in total. The van der Waals surface area contributed by atoms with Crippen LogP contribution < -0.4 is 5.32 Å². The second kappa shape index (κ2) is 5.10. The van der Waals surface area contributed by atoms with Crippen LogP contribution >= 0.6 is 0 Å². The lowest BCUT2D eigenvalue weighted by Crippen LogP contribution is -2.29. The molecule has 1 aromatic heterocycles. The summed E-state index contributed by atoms with van der Waals surface area (Å²) in [5.41, 5.74) is 2.82. The van der Waals surface area contributed by atoms with Gasteiger partial charge in [-0.3, -0.25) is 0 Å². The molecule has 1 heterocycles. The van der Waals surface area contributed by atoms with Gasteiger partial charge in [-0.25, -0.2) is 0 Å². The van der Waals surface area contributed by atoms with E-state index in [2.05, 4.69) is 41.7 Å². The van der Waals surface area contributed by atoms with E-state index >= 15 is 0 Å². The van der Waals surface area contributed by atoms with E-state index in [4.69, 9.17) is 4.42 Å². The molecule has 2 atom stereocenters. The van der Waals surface area contributed by atoms with Crippen LogP contribution in [0.25, 0.3) is 0 Å². The van der Waals surface area contributed by atoms with Crippen LogP contribution in [0.5, 0.6) is 0 Å². The molecule has 1 N–H and O–H groups in total. The number of aryl methyl sites for hydroxylation is 1. The lowest BCUT2D eigenvalue weighted by atomic mass is 9.91. The summed E-state index contributed by atoms with van der Waals surface area (Å²) in [6, 6.07) is 14.0. The number of benzene rings is 1. The summed E-state index contributed by atoms with van der Waals surface area (Å²) in [6.07, 6.45) is 8.11. The van der Waals surface area contributed by atoms with Gasteiger partial charge in [-0.1, -0.05) is 30.3 Å². The van der Waals surface area contributed by atoms with Crippen molar-refractivity contribution in [2.24, 2.45) is 5.92 Å². The van der Waals surface area contributed by atoms with E-state index in [0.717, 1.165) is 12.3 Å². The first-order chi connectivity index (χ1) is 9.92. The maximum Gasteiger partial charge on any atom is 0.108 e. The van der Waals surface area contributed by atoms with Crippen LogP contribution in [0, 0.1) is 5.92 Å². The minimum atomic E-state index is 0.461. The average Bonchev–Trinajstić information content (AvgIpc) is 3.22. The molecule has 1 saturated carbocycles. The Labute approximate surface area is 120 Å². The monoisotopic (exact) mass is 267 g/mol. The molecule has 0 radical (unpaired) electrons. The predicted molar refractivity (Wildman–Crippen MR) is 79.4 cm³/mol. The van der Waals surface area contributed by atoms with Crippen LogP contribution in [0.1, 0.15) is 54.7 Å². The molecule has 2 heteroatoms. The van der Waals surface area contributed by atoms with Gasteiger partial charge in [-0.15, -0.1) is 0 Å². The van der Waals surface area contributed by atoms with E-state index in [0.29, 0.717) is 12.1 Å². The molecule has 0 spiro atoms. The first kappa shape index (κ1) is 12.2. The van der Waals surface area contributed by atoms with Gasteiger partial charge in [0.1, 0.15) is 5.76 Å². The number of furan rings is 1. The third kappa shape index (κ3) is 2.29. The number of hydrogen-bond donors (Lipinski definition) is 1. The average molecular weight is 267 g/mol. The van der Waals surface area contributed by atoms with Crippen molar-refractivity contribution in [3.63, 3.8) is 0 Å². The van der Waals surface area contributed by atoms with Crippen molar-refractivity contribution >= 4 is 0 Å². The van der Waals surface area contributed by atoms with Gasteiger partial charge in [-0.05, 0) is 43.2 Å². The minimum Gasteiger partial charge on any atom is -0.469 e. The van der Waals surface area contributed by atoms with Gasteiger partial charge in [0.2, 0.25) is 0 Å². The minimum absolute atomic E-state index is 0.461. The molecule has 4 rings (SSSR count). The maximum absolute atomic E-state index is 5.61. The molecular formula is C18H21NO. The fraction of sp³-hybridized carbons (Fsp3) is 0.444. The molecule has 2 aliphatic carbocycles. The Morgan fingerprint density at radius 1 is 1.05 bits per heavy atom. The fourth-order valence-electron chi connectivity index (χ4n) is 3.47. The molecular weight excluding hydrogens is 246 g/mol. The molecule has 0 amide bonds. The number of hydrogen-bond acceptors (Lipinski definition) is 2. The number of nitrogens with one attached hydrogen (secondary N) is 1. The highest BCUT2D eigenvalue weighted by Crippen LogP contribution is 2.43. The van der Waals surface area contributed by atoms with Crippen LogP contribution in [-0.4, -0.2) is 0 Å². The molecule has 1 fully saturated rings. The maximum atomic E-state index is 5.61. The summed E-state index contributed by atoms with van der Waals surface area (Å²) in [5, 5.41) is 3.92. The highest BCUT2D eigenvalue weighted by atomic mass is 16.3. The Morgan fingerprint density at radius 3 is 2.70 bits per heavy atom. The summed E-state index contributed by atoms with van der Waals surface area (Å²) >= 11 is 0. The van der Waals surface area contributed by atoms with Gasteiger partial charge in [0.25, 0.3) is 0 Å². The Bertz CT molecular complexity index is 570. The molecule has 20 heavy (non-hydrogen) atoms. The quantitative estimate of drug-likeness (QED) is 0.888. The second-order valence-corrected chi connectivity index (χ2v) is 6.14. The summed E-state index contributed by atoms with van der Waals surface area (Å²) in [7, 11) is 0. The lowest BCUT2D eigenvalue weighted by molar-refractivity contribution is 0.357. The Kier molecular flexibility index (Phi) is 3.12. The first-order valence-electron chi connectivity index (χ1n) is 7.79. The van der Waals surface area contributed by atoms with Crippen molar-refractivity contribution in [1.29, 1.82) is 0 Å². The second-order valence-electron chi connectivity index (χ2n) is 6.14. The summed E-state index contributed by atoms with van der Waals surface area (Å²) < 4.78 is 5.61. The normalized spacial score (nSPS) is 23.3. The van der Waals surface area contributed by atoms with Crippen LogP contribution in [0.3, 0.4) is 0 Å². The van der Waals surface area contributed by atoms with E-state index in [1.807, 2.05) is 6.26 Å². The lowest BCUT2D eigenvalue weighted by Gasteiger charge is -2.28. The van der Waals surface area contributed by atoms with E-state index < -0.39 is 0 Å². The van der Waals surface area contributed by atoms with Gasteiger partial charge in [-0.2, -0.15) is 0 Å². The zero-order valence-corrected chi connectivity index (χ0v) is 11.7. The zero-order valence-electron chi connectivity index (χ0n) is 11.7. The summed E-state index contributed by atoms with van der Waals surface area (Å²) in [6.45, 7) is 0. The zero-order chi connectivity index (χ0) is 13.4. The summed E-state index contributed by atoms with van der Waals surface area (Å²) in [4.78, 5) is 0. The van der Waals surface area contributed by atoms with Crippen molar-refractivity contribution < 1.29 is 4.42 Å². The highest BCUT2D eigenvalue weighted by molar-refractivity contribution is 5.27. The van der Waals surface area contributed by atoms with Gasteiger partial charge in [0, 0.05) is 24.1 Å². The molecule has 0 aliphatic heterocycles. The first-order valence-corrected chi connectivity index (χ1v) is 7.79. The van der Waals surface area contributed by atoms with Crippen LogP contribution in [0.4, 0.5) is 0 Å². The van der Waals surface area contributed by atoms with Gasteiger partial charge >= 0.3 is 0 Å². The fourth-order valence-corrected chi connectivity index (χ4v) is 3.47. The third-order valence-corrected chi connectivity index (χ3v) is 4.68. The van der Waals surface area contributed by atoms with E-state index in [-0.39, 0.29) is 0 Å². The van der Waals surface area contributed by atoms with Crippen molar-refractivity contribution in [2.75, 3.05) is 0 Å². The molecule has 104 valence electrons. The largest absolute Gasteiger partial charge is 0.469 e. The molecule has 2 unspecified atom stereocenters. The molecule has 1 aromatic carbocycles. The van der Waals surface area contributed by atoms with Crippen LogP contribution in [0.15, 0.2) is 47.1 Å². The van der Waals surface area contributed by atoms with Gasteiger partial charge in [0.15, 0.2) is 0 Å². The van der Waals surface area contributed by atoms with E-state index in [9.17, 15) is 0 Å². The topological polar surface area (TPSA) is 25.2 Å². The van der Waals surface area contributed by atoms with Crippen molar-refractivity contribution in [1.82, 2.24) is 5.32 Å². The molecule has 2 aromatic rings. The highest BCUT2D eigenvalue weighted by Gasteiger charge is 2.35. The predicted octanol–water partition coefficient (Wildman–Crippen LogP) is 4.40. The van der Waals surface area contributed by atoms with Crippen LogP contribution in [-0.2, 0) is 6.42 Å². The van der Waals surface area contributed by atoms with E-state index in [1.165, 1.54) is 42.6 Å². The third-order valence-electron chi connectivity index (χ3n) is 4.68. The Balaban J connectivity index is 1.58. The van der Waals surface area contributed by atoms with Gasteiger partial charge in [0.05, 0.1) is 6.26 Å². The standard InChI is InChI=1S/C18H21NO/c1-2-5-13(6-3-1)18(14-9-10-14)19-16-7-4-8-17-15(16)11-12-20-17/h1-3,5-6,11-12,14,16,18-19H,4,7-10H2. The SMILES string of the molecule is c1ccc(C(NC2CCCc3occc32)C2CC2)cc1. The number of rotatable bonds is 4. The van der Waals surface area contributed by atoms with Crippen molar-refractivity contribution in [3.8, 4) is 0 Å². The van der Waals surface area contributed by atoms with Crippen LogP contribution in [0.2, 0.25) is 0 Å². The Hall–Kier alpha value is -1.54. The smallest absolute Gasteiger partial charge is 0.108 e. The van der Waals surface area contributed by atoms with Gasteiger partial charge < -0.3 is 9.73 Å². The molecule has 0 saturated heterocycles. The molecule has 0 bridgehead atoms. The van der Waals surface area contributed by atoms with Crippen molar-refractivity contribution in [2.45, 2.75) is 44.2 Å². The molecule has 2 aliphatic rings. The van der Waals surface area contributed by atoms with Crippen molar-refractivity contribution in [3.05, 3.63) is 59.5 Å². The van der Waals surface area contributed by atoms with E-state index in [1.54, 1.807) is 0 Å². The Morgan fingerprint density at radius 2 is 1.90 bits per heavy atom. The summed E-state index contributed by atoms with van der Waals surface area (Å²) in [5.74, 6) is 2.01.